The zero-order valence-electron chi connectivity index (χ0n) is 38.5. The summed E-state index contributed by atoms with van der Waals surface area (Å²) in [6, 6.07) is -0.633. The third-order valence-electron chi connectivity index (χ3n) is 11.4. The molecule has 0 rings (SSSR count). The monoisotopic (exact) mass is 816 g/mol. The number of ether oxygens (including phenoxy) is 1. The van der Waals surface area contributed by atoms with E-state index in [-0.39, 0.29) is 18.5 Å². The number of rotatable bonds is 46. The van der Waals surface area contributed by atoms with E-state index in [1.807, 2.05) is 6.08 Å². The molecule has 1 amide bonds. The van der Waals surface area contributed by atoms with Crippen molar-refractivity contribution in [2.45, 2.75) is 270 Å². The highest BCUT2D eigenvalue weighted by atomic mass is 16.5. The predicted octanol–water partition coefficient (Wildman–Crippen LogP) is 14.9. The van der Waals surface area contributed by atoms with Gasteiger partial charge in [-0.2, -0.15) is 0 Å². The maximum atomic E-state index is 12.4. The van der Waals surface area contributed by atoms with Crippen LogP contribution in [0.1, 0.15) is 258 Å². The Morgan fingerprint density at radius 3 is 1.24 bits per heavy atom. The van der Waals surface area contributed by atoms with E-state index in [9.17, 15) is 19.8 Å². The lowest BCUT2D eigenvalue weighted by Crippen LogP contribution is -2.45. The molecule has 58 heavy (non-hydrogen) atoms. The highest BCUT2D eigenvalue weighted by molar-refractivity contribution is 5.76. The number of aliphatic hydroxyl groups excluding tert-OH is 2. The van der Waals surface area contributed by atoms with Gasteiger partial charge in [0.05, 0.1) is 25.4 Å². The van der Waals surface area contributed by atoms with Crippen LogP contribution in [0, 0.1) is 0 Å². The van der Waals surface area contributed by atoms with Crippen LogP contribution in [0.4, 0.5) is 0 Å². The van der Waals surface area contributed by atoms with E-state index in [1.165, 1.54) is 180 Å². The van der Waals surface area contributed by atoms with E-state index in [4.69, 9.17) is 4.74 Å². The molecule has 0 bridgehead atoms. The third-order valence-corrected chi connectivity index (χ3v) is 11.4. The number of allylic oxidation sites excluding steroid dienone is 5. The summed E-state index contributed by atoms with van der Waals surface area (Å²) >= 11 is 0. The van der Waals surface area contributed by atoms with Crippen molar-refractivity contribution in [3.63, 3.8) is 0 Å². The van der Waals surface area contributed by atoms with Crippen molar-refractivity contribution in [3.8, 4) is 0 Å². The number of nitrogens with one attached hydrogen (secondary N) is 1. The first kappa shape index (κ1) is 56.1. The molecule has 0 aromatic carbocycles. The van der Waals surface area contributed by atoms with Gasteiger partial charge in [-0.05, 0) is 83.5 Å². The Kier molecular flexibility index (Phi) is 46.2. The summed E-state index contributed by atoms with van der Waals surface area (Å²) in [5.41, 5.74) is 0. The average Bonchev–Trinajstić information content (AvgIpc) is 3.22. The molecule has 6 heteroatoms. The van der Waals surface area contributed by atoms with E-state index in [2.05, 4.69) is 43.5 Å². The number of aliphatic hydroxyl groups is 2. The van der Waals surface area contributed by atoms with Crippen LogP contribution in [0.15, 0.2) is 36.5 Å². The van der Waals surface area contributed by atoms with Gasteiger partial charge in [-0.25, -0.2) is 0 Å². The topological polar surface area (TPSA) is 95.9 Å². The zero-order chi connectivity index (χ0) is 42.3. The molecule has 3 N–H and O–H groups in total. The Morgan fingerprint density at radius 1 is 0.466 bits per heavy atom. The highest BCUT2D eigenvalue weighted by Crippen LogP contribution is 2.14. The average molecular weight is 816 g/mol. The maximum Gasteiger partial charge on any atom is 0.305 e. The summed E-state index contributed by atoms with van der Waals surface area (Å²) in [5.74, 6) is -0.0887. The number of carbonyl (C=O) groups excluding carboxylic acids is 2. The Morgan fingerprint density at radius 2 is 0.810 bits per heavy atom. The van der Waals surface area contributed by atoms with E-state index >= 15 is 0 Å². The third kappa shape index (κ3) is 43.7. The van der Waals surface area contributed by atoms with Crippen LogP contribution in [-0.4, -0.2) is 47.4 Å². The Labute approximate surface area is 360 Å². The summed E-state index contributed by atoms with van der Waals surface area (Å²) in [5, 5.41) is 22.9. The minimum Gasteiger partial charge on any atom is -0.466 e. The summed E-state index contributed by atoms with van der Waals surface area (Å²) in [6.07, 6.45) is 57.2. The molecule has 0 aromatic heterocycles. The molecule has 6 nitrogen and oxygen atoms in total. The fourth-order valence-corrected chi connectivity index (χ4v) is 7.44. The van der Waals surface area contributed by atoms with Gasteiger partial charge in [-0.3, -0.25) is 9.59 Å². The van der Waals surface area contributed by atoms with E-state index in [0.29, 0.717) is 19.4 Å². The van der Waals surface area contributed by atoms with Crippen LogP contribution < -0.4 is 5.32 Å². The van der Waals surface area contributed by atoms with Crippen LogP contribution in [0.3, 0.4) is 0 Å². The quantitative estimate of drug-likeness (QED) is 0.0323. The second-order valence-electron chi connectivity index (χ2n) is 17.1. The van der Waals surface area contributed by atoms with Gasteiger partial charge in [-0.15, -0.1) is 0 Å². The highest BCUT2D eigenvalue weighted by Gasteiger charge is 2.18. The van der Waals surface area contributed by atoms with Crippen LogP contribution >= 0.6 is 0 Å². The number of unbranched alkanes of at least 4 members (excludes halogenated alkanes) is 31. The summed E-state index contributed by atoms with van der Waals surface area (Å²) in [7, 11) is 0. The molecular weight excluding hydrogens is 719 g/mol. The second-order valence-corrected chi connectivity index (χ2v) is 17.1. The molecule has 0 aliphatic heterocycles. The van der Waals surface area contributed by atoms with Crippen molar-refractivity contribution in [3.05, 3.63) is 36.5 Å². The first-order valence-corrected chi connectivity index (χ1v) is 25.3. The fourth-order valence-electron chi connectivity index (χ4n) is 7.44. The van der Waals surface area contributed by atoms with Gasteiger partial charge in [0.25, 0.3) is 0 Å². The van der Waals surface area contributed by atoms with Gasteiger partial charge < -0.3 is 20.3 Å². The molecule has 2 atom stereocenters. The standard InChI is InChI=1S/C52H97NO5/c1-3-5-7-9-11-13-14-22-26-30-34-38-42-46-52(57)58-47-43-39-35-31-27-24-21-19-17-15-16-18-20-23-25-29-33-37-41-45-51(56)53-49(48-54)50(55)44-40-36-32-28-12-10-8-6-4-2/h13-16,40,44,49-50,54-55H,3-12,17-39,41-43,45-48H2,1-2H3,(H,53,56)/b14-13-,16-15-,44-40+. The van der Waals surface area contributed by atoms with Gasteiger partial charge >= 0.3 is 5.97 Å². The van der Waals surface area contributed by atoms with Crippen molar-refractivity contribution in [1.29, 1.82) is 0 Å². The Hall–Kier alpha value is -1.92. The molecule has 0 aromatic rings. The summed E-state index contributed by atoms with van der Waals surface area (Å²) in [6.45, 7) is 4.83. The van der Waals surface area contributed by atoms with Crippen molar-refractivity contribution < 1.29 is 24.5 Å². The molecule has 2 unspecified atom stereocenters. The van der Waals surface area contributed by atoms with Crippen LogP contribution in [0.5, 0.6) is 0 Å². The van der Waals surface area contributed by atoms with Crippen molar-refractivity contribution in [2.24, 2.45) is 0 Å². The molecule has 0 spiro atoms. The molecule has 0 saturated carbocycles. The SMILES string of the molecule is CCCCCC/C=C\CCCCCCCC(=O)OCCCCCCCCCC/C=C\CCCCCCCCCC(=O)NC(CO)C(O)/C=C/CCCCCCCCC. The van der Waals surface area contributed by atoms with Crippen LogP contribution in [0.2, 0.25) is 0 Å². The van der Waals surface area contributed by atoms with E-state index < -0.39 is 12.1 Å². The van der Waals surface area contributed by atoms with Crippen molar-refractivity contribution in [1.82, 2.24) is 5.32 Å². The first-order valence-electron chi connectivity index (χ1n) is 25.3. The van der Waals surface area contributed by atoms with Gasteiger partial charge in [0.2, 0.25) is 5.91 Å². The number of hydrogen-bond donors (Lipinski definition) is 3. The lowest BCUT2D eigenvalue weighted by atomic mass is 10.1. The lowest BCUT2D eigenvalue weighted by molar-refractivity contribution is -0.143. The van der Waals surface area contributed by atoms with E-state index in [0.717, 1.165) is 51.4 Å². The minimum atomic E-state index is -0.848. The zero-order valence-corrected chi connectivity index (χ0v) is 38.5. The Balaban J connectivity index is 3.45. The van der Waals surface area contributed by atoms with Crippen molar-refractivity contribution in [2.75, 3.05) is 13.2 Å². The normalized spacial score (nSPS) is 13.0. The molecular formula is C52H97NO5. The van der Waals surface area contributed by atoms with Crippen LogP contribution in [0.25, 0.3) is 0 Å². The first-order chi connectivity index (χ1) is 28.5. The molecule has 0 aliphatic rings. The van der Waals surface area contributed by atoms with Gasteiger partial charge in [0, 0.05) is 12.8 Å². The minimum absolute atomic E-state index is 0.00710. The van der Waals surface area contributed by atoms with Crippen molar-refractivity contribution >= 4 is 11.9 Å². The second kappa shape index (κ2) is 47.8. The van der Waals surface area contributed by atoms with E-state index in [1.54, 1.807) is 6.08 Å². The smallest absolute Gasteiger partial charge is 0.305 e. The van der Waals surface area contributed by atoms with Crippen LogP contribution in [-0.2, 0) is 14.3 Å². The molecule has 0 saturated heterocycles. The number of esters is 1. The summed E-state index contributed by atoms with van der Waals surface area (Å²) < 4.78 is 5.45. The maximum absolute atomic E-state index is 12.4. The molecule has 0 radical (unpaired) electrons. The number of hydrogen-bond acceptors (Lipinski definition) is 5. The molecule has 0 aliphatic carbocycles. The van der Waals surface area contributed by atoms with Gasteiger partial charge in [-0.1, -0.05) is 198 Å². The molecule has 340 valence electrons. The number of amides is 1. The largest absolute Gasteiger partial charge is 0.466 e. The summed E-state index contributed by atoms with van der Waals surface area (Å²) in [4.78, 5) is 24.3. The van der Waals surface area contributed by atoms with Gasteiger partial charge in [0.1, 0.15) is 0 Å². The molecule has 0 heterocycles. The molecule has 0 fully saturated rings. The lowest BCUT2D eigenvalue weighted by Gasteiger charge is -2.20. The number of carbonyl (C=O) groups is 2. The fraction of sp³-hybridized carbons (Fsp3) is 0.846. The van der Waals surface area contributed by atoms with Gasteiger partial charge in [0.15, 0.2) is 0 Å². The Bertz CT molecular complexity index is 946. The predicted molar refractivity (Wildman–Crippen MR) is 250 cm³/mol.